The minimum atomic E-state index is -0.311. The third-order valence-electron chi connectivity index (χ3n) is 4.20. The predicted molar refractivity (Wildman–Crippen MR) is 105 cm³/mol. The monoisotopic (exact) mass is 365 g/mol. The van der Waals surface area contributed by atoms with E-state index in [0.29, 0.717) is 23.7 Å². The molecule has 0 fully saturated rings. The largest absolute Gasteiger partial charge is 0.497 e. The highest BCUT2D eigenvalue weighted by Gasteiger charge is 2.10. The van der Waals surface area contributed by atoms with Crippen LogP contribution in [0.15, 0.2) is 66.9 Å². The average Bonchev–Trinajstić information content (AvgIpc) is 3.14. The molecule has 0 aliphatic rings. The van der Waals surface area contributed by atoms with Crippen LogP contribution in [0.1, 0.15) is 11.3 Å². The van der Waals surface area contributed by atoms with Crippen molar-refractivity contribution in [2.24, 2.45) is 0 Å². The molecule has 27 heavy (non-hydrogen) atoms. The number of hydrogen-bond acceptors (Lipinski definition) is 3. The van der Waals surface area contributed by atoms with Crippen molar-refractivity contribution in [2.45, 2.75) is 13.1 Å². The molecule has 6 heteroatoms. The number of nitrogens with one attached hydrogen (secondary N) is 2. The molecule has 0 unspecified atom stereocenters. The van der Waals surface area contributed by atoms with Crippen LogP contribution in [-0.2, 0) is 13.1 Å². The van der Waals surface area contributed by atoms with E-state index in [2.05, 4.69) is 27.3 Å². The molecule has 0 spiro atoms. The van der Waals surface area contributed by atoms with E-state index in [1.165, 1.54) is 5.56 Å². The van der Waals surface area contributed by atoms with Crippen LogP contribution < -0.4 is 20.1 Å². The van der Waals surface area contributed by atoms with Crippen molar-refractivity contribution >= 4 is 11.7 Å². The van der Waals surface area contributed by atoms with E-state index in [-0.39, 0.29) is 6.03 Å². The van der Waals surface area contributed by atoms with E-state index in [9.17, 15) is 4.79 Å². The molecule has 3 rings (SSSR count). The minimum absolute atomic E-state index is 0.311. The van der Waals surface area contributed by atoms with Gasteiger partial charge in [0, 0.05) is 24.5 Å². The Morgan fingerprint density at radius 2 is 1.81 bits per heavy atom. The maximum Gasteiger partial charge on any atom is 0.319 e. The van der Waals surface area contributed by atoms with Crippen LogP contribution in [0.5, 0.6) is 11.5 Å². The highest BCUT2D eigenvalue weighted by atomic mass is 16.5. The second-order valence-electron chi connectivity index (χ2n) is 5.99. The molecule has 1 heterocycles. The molecule has 140 valence electrons. The number of rotatable bonds is 7. The first kappa shape index (κ1) is 18.4. The Balaban J connectivity index is 1.61. The molecule has 1 aromatic heterocycles. The van der Waals surface area contributed by atoms with Crippen molar-refractivity contribution in [1.82, 2.24) is 9.88 Å². The van der Waals surface area contributed by atoms with Gasteiger partial charge in [-0.05, 0) is 29.8 Å². The number of ether oxygens (including phenoxy) is 2. The summed E-state index contributed by atoms with van der Waals surface area (Å²) in [6, 6.07) is 19.1. The smallest absolute Gasteiger partial charge is 0.319 e. The van der Waals surface area contributed by atoms with Gasteiger partial charge >= 0.3 is 6.03 Å². The van der Waals surface area contributed by atoms with Crippen molar-refractivity contribution in [1.29, 1.82) is 0 Å². The third kappa shape index (κ3) is 4.82. The van der Waals surface area contributed by atoms with Gasteiger partial charge in [0.15, 0.2) is 0 Å². The Morgan fingerprint density at radius 3 is 2.56 bits per heavy atom. The van der Waals surface area contributed by atoms with Crippen LogP contribution >= 0.6 is 0 Å². The number of benzene rings is 2. The number of carbonyl (C=O) groups excluding carboxylic acids is 1. The van der Waals surface area contributed by atoms with E-state index < -0.39 is 0 Å². The highest BCUT2D eigenvalue weighted by molar-refractivity contribution is 5.91. The number of hydrogen-bond donors (Lipinski definition) is 2. The molecule has 2 aromatic carbocycles. The number of anilines is 1. The quantitative estimate of drug-likeness (QED) is 0.668. The summed E-state index contributed by atoms with van der Waals surface area (Å²) in [5.74, 6) is 1.21. The molecule has 0 bridgehead atoms. The van der Waals surface area contributed by atoms with Gasteiger partial charge in [0.2, 0.25) is 0 Å². The molecule has 0 atom stereocenters. The lowest BCUT2D eigenvalue weighted by Gasteiger charge is -2.13. The van der Waals surface area contributed by atoms with Gasteiger partial charge in [-0.2, -0.15) is 0 Å². The number of carbonyl (C=O) groups is 1. The van der Waals surface area contributed by atoms with Crippen LogP contribution in [0.25, 0.3) is 0 Å². The summed E-state index contributed by atoms with van der Waals surface area (Å²) in [6.07, 6.45) is 2.01. The summed E-state index contributed by atoms with van der Waals surface area (Å²) >= 11 is 0. The standard InChI is InChI=1S/C21H23N3O3/c1-26-18-10-11-20(27-2)19(13-18)23-21(25)22-14-17-9-6-12-24(17)15-16-7-4-3-5-8-16/h3-13H,14-15H2,1-2H3,(H2,22,23,25). The molecule has 0 aliphatic carbocycles. The van der Waals surface area contributed by atoms with E-state index in [1.807, 2.05) is 36.5 Å². The third-order valence-corrected chi connectivity index (χ3v) is 4.20. The van der Waals surface area contributed by atoms with Gasteiger partial charge < -0.3 is 24.7 Å². The highest BCUT2D eigenvalue weighted by Crippen LogP contribution is 2.28. The van der Waals surface area contributed by atoms with Crippen LogP contribution in [0.2, 0.25) is 0 Å². The lowest BCUT2D eigenvalue weighted by atomic mass is 10.2. The maximum atomic E-state index is 12.3. The Labute approximate surface area is 158 Å². The molecular formula is C21H23N3O3. The van der Waals surface area contributed by atoms with E-state index in [1.54, 1.807) is 32.4 Å². The molecule has 0 radical (unpaired) electrons. The lowest BCUT2D eigenvalue weighted by molar-refractivity contribution is 0.251. The van der Waals surface area contributed by atoms with Crippen LogP contribution in [0.3, 0.4) is 0 Å². The number of amides is 2. The van der Waals surface area contributed by atoms with Crippen LogP contribution in [0, 0.1) is 0 Å². The van der Waals surface area contributed by atoms with Gasteiger partial charge in [-0.1, -0.05) is 30.3 Å². The van der Waals surface area contributed by atoms with Gasteiger partial charge in [0.1, 0.15) is 11.5 Å². The van der Waals surface area contributed by atoms with E-state index in [4.69, 9.17) is 9.47 Å². The SMILES string of the molecule is COc1ccc(OC)c(NC(=O)NCc2cccn2Cc2ccccc2)c1. The first-order valence-corrected chi connectivity index (χ1v) is 8.64. The van der Waals surface area contributed by atoms with E-state index in [0.717, 1.165) is 12.2 Å². The second kappa shape index (κ2) is 8.80. The average molecular weight is 365 g/mol. The summed E-state index contributed by atoms with van der Waals surface area (Å²) in [5.41, 5.74) is 2.78. The molecule has 2 N–H and O–H groups in total. The Bertz CT molecular complexity index is 891. The number of nitrogens with zero attached hydrogens (tertiary/aromatic N) is 1. The predicted octanol–water partition coefficient (Wildman–Crippen LogP) is 3.88. The fourth-order valence-electron chi connectivity index (χ4n) is 2.79. The summed E-state index contributed by atoms with van der Waals surface area (Å²) in [5, 5.41) is 5.68. The molecule has 0 saturated heterocycles. The zero-order valence-corrected chi connectivity index (χ0v) is 15.4. The Hall–Kier alpha value is -3.41. The molecule has 3 aromatic rings. The van der Waals surface area contributed by atoms with Crippen molar-refractivity contribution in [3.05, 3.63) is 78.1 Å². The zero-order chi connectivity index (χ0) is 19.1. The van der Waals surface area contributed by atoms with E-state index >= 15 is 0 Å². The van der Waals surface area contributed by atoms with Crippen molar-refractivity contribution in [3.8, 4) is 11.5 Å². The van der Waals surface area contributed by atoms with Crippen LogP contribution in [-0.4, -0.2) is 24.8 Å². The van der Waals surface area contributed by atoms with Crippen LogP contribution in [0.4, 0.5) is 10.5 Å². The number of urea groups is 1. The van der Waals surface area contributed by atoms with Gasteiger partial charge in [-0.3, -0.25) is 0 Å². The molecule has 2 amide bonds. The Morgan fingerprint density at radius 1 is 1.00 bits per heavy atom. The number of methoxy groups -OCH3 is 2. The van der Waals surface area contributed by atoms with Crippen molar-refractivity contribution in [3.63, 3.8) is 0 Å². The molecular weight excluding hydrogens is 342 g/mol. The lowest BCUT2D eigenvalue weighted by Crippen LogP contribution is -2.29. The Kier molecular flexibility index (Phi) is 5.99. The summed E-state index contributed by atoms with van der Waals surface area (Å²) < 4.78 is 12.6. The molecule has 0 saturated carbocycles. The first-order valence-electron chi connectivity index (χ1n) is 8.64. The fraction of sp³-hybridized carbons (Fsp3) is 0.190. The van der Waals surface area contributed by atoms with Gasteiger partial charge in [-0.15, -0.1) is 0 Å². The molecule has 6 nitrogen and oxygen atoms in total. The summed E-state index contributed by atoms with van der Waals surface area (Å²) in [6.45, 7) is 1.17. The topological polar surface area (TPSA) is 64.5 Å². The summed E-state index contributed by atoms with van der Waals surface area (Å²) in [4.78, 5) is 12.3. The van der Waals surface area contributed by atoms with Crippen molar-refractivity contribution < 1.29 is 14.3 Å². The van der Waals surface area contributed by atoms with Crippen molar-refractivity contribution in [2.75, 3.05) is 19.5 Å². The minimum Gasteiger partial charge on any atom is -0.497 e. The number of aromatic nitrogens is 1. The summed E-state index contributed by atoms with van der Waals surface area (Å²) in [7, 11) is 3.13. The fourth-order valence-corrected chi connectivity index (χ4v) is 2.79. The molecule has 0 aliphatic heterocycles. The van der Waals surface area contributed by atoms with Gasteiger partial charge in [-0.25, -0.2) is 4.79 Å². The van der Waals surface area contributed by atoms with Gasteiger partial charge in [0.05, 0.1) is 26.5 Å². The maximum absolute atomic E-state index is 12.3. The zero-order valence-electron chi connectivity index (χ0n) is 15.4. The normalized spacial score (nSPS) is 10.3. The second-order valence-corrected chi connectivity index (χ2v) is 5.99. The van der Waals surface area contributed by atoms with Gasteiger partial charge in [0.25, 0.3) is 0 Å². The first-order chi connectivity index (χ1) is 13.2.